The molecule has 1 unspecified atom stereocenters. The molecule has 0 radical (unpaired) electrons. The SMILES string of the molecule is CCCCC(O)CCCCCCCCCCCCCS(=O)(=O)[O-].[K+]. The van der Waals surface area contributed by atoms with Crippen LogP contribution in [0, 0.1) is 0 Å². The standard InChI is InChI=1S/C18H38O4S.K/c1-2-3-15-18(19)16-13-11-9-7-5-4-6-8-10-12-14-17-23(20,21)22;/h18-19H,2-17H2,1H3,(H,20,21,22);/q;+1/p-1. The van der Waals surface area contributed by atoms with Crippen molar-refractivity contribution in [1.29, 1.82) is 0 Å². The molecule has 1 N–H and O–H groups in total. The van der Waals surface area contributed by atoms with Crippen molar-refractivity contribution in [3.05, 3.63) is 0 Å². The smallest absolute Gasteiger partial charge is 0.748 e. The molecule has 4 nitrogen and oxygen atoms in total. The Hall–Kier alpha value is 1.51. The zero-order chi connectivity index (χ0) is 17.4. The molecule has 24 heavy (non-hydrogen) atoms. The van der Waals surface area contributed by atoms with Crippen LogP contribution >= 0.6 is 0 Å². The van der Waals surface area contributed by atoms with Crippen LogP contribution in [0.5, 0.6) is 0 Å². The van der Waals surface area contributed by atoms with Gasteiger partial charge < -0.3 is 9.66 Å². The zero-order valence-electron chi connectivity index (χ0n) is 16.0. The maximum atomic E-state index is 10.4. The summed E-state index contributed by atoms with van der Waals surface area (Å²) in [4.78, 5) is 0. The normalized spacial score (nSPS) is 12.8. The molecule has 1 atom stereocenters. The molecule has 6 heteroatoms. The van der Waals surface area contributed by atoms with E-state index < -0.39 is 10.1 Å². The van der Waals surface area contributed by atoms with Crippen molar-refractivity contribution in [3.63, 3.8) is 0 Å². The first-order valence-corrected chi connectivity index (χ1v) is 11.1. The molecule has 0 aliphatic carbocycles. The second-order valence-corrected chi connectivity index (χ2v) is 8.26. The Morgan fingerprint density at radius 1 is 0.750 bits per heavy atom. The van der Waals surface area contributed by atoms with Crippen molar-refractivity contribution >= 4 is 10.1 Å². The van der Waals surface area contributed by atoms with Gasteiger partial charge in [-0.1, -0.05) is 84.0 Å². The summed E-state index contributed by atoms with van der Waals surface area (Å²) >= 11 is 0. The Kier molecular flexibility index (Phi) is 22.3. The number of hydrogen-bond donors (Lipinski definition) is 1. The van der Waals surface area contributed by atoms with E-state index >= 15 is 0 Å². The molecule has 0 fully saturated rings. The number of aliphatic hydroxyl groups is 1. The maximum absolute atomic E-state index is 10.4. The van der Waals surface area contributed by atoms with Crippen molar-refractivity contribution in [3.8, 4) is 0 Å². The summed E-state index contributed by atoms with van der Waals surface area (Å²) in [5.74, 6) is -0.208. The topological polar surface area (TPSA) is 77.4 Å². The second-order valence-electron chi connectivity index (χ2n) is 6.74. The van der Waals surface area contributed by atoms with E-state index in [0.29, 0.717) is 6.42 Å². The summed E-state index contributed by atoms with van der Waals surface area (Å²) in [6.07, 6.45) is 16.3. The van der Waals surface area contributed by atoms with Crippen LogP contribution in [0.2, 0.25) is 0 Å². The molecule has 0 aromatic carbocycles. The summed E-state index contributed by atoms with van der Waals surface area (Å²) in [5, 5.41) is 9.74. The van der Waals surface area contributed by atoms with Gasteiger partial charge in [-0.15, -0.1) is 0 Å². The van der Waals surface area contributed by atoms with Crippen LogP contribution in [0.25, 0.3) is 0 Å². The Morgan fingerprint density at radius 2 is 1.12 bits per heavy atom. The predicted octanol–water partition coefficient (Wildman–Crippen LogP) is 1.77. The first-order chi connectivity index (χ1) is 11.0. The first kappa shape index (κ1) is 27.7. The molecule has 0 aromatic heterocycles. The molecule has 0 saturated carbocycles. The summed E-state index contributed by atoms with van der Waals surface area (Å²) < 4.78 is 31.3. The minimum Gasteiger partial charge on any atom is -0.748 e. The molecule has 0 spiro atoms. The first-order valence-electron chi connectivity index (χ1n) is 9.57. The Balaban J connectivity index is 0. The quantitative estimate of drug-likeness (QED) is 0.234. The average molecular weight is 389 g/mol. The molecule has 0 amide bonds. The van der Waals surface area contributed by atoms with Crippen LogP contribution in [0.4, 0.5) is 0 Å². The van der Waals surface area contributed by atoms with Crippen molar-refractivity contribution < 1.29 is 69.5 Å². The largest absolute Gasteiger partial charge is 1.00 e. The van der Waals surface area contributed by atoms with Crippen molar-refractivity contribution in [2.45, 2.75) is 109 Å². The van der Waals surface area contributed by atoms with Crippen LogP contribution in [0.15, 0.2) is 0 Å². The van der Waals surface area contributed by atoms with E-state index in [9.17, 15) is 18.1 Å². The second kappa shape index (κ2) is 19.3. The average Bonchev–Trinajstić information content (AvgIpc) is 2.48. The zero-order valence-corrected chi connectivity index (χ0v) is 19.9. The van der Waals surface area contributed by atoms with E-state index in [1.54, 1.807) is 0 Å². The number of rotatable bonds is 17. The Labute approximate surface area is 192 Å². The molecule has 0 aliphatic rings. The maximum Gasteiger partial charge on any atom is 1.00 e. The van der Waals surface area contributed by atoms with Gasteiger partial charge >= 0.3 is 51.4 Å². The third kappa shape index (κ3) is 23.5. The van der Waals surface area contributed by atoms with Gasteiger partial charge in [0.25, 0.3) is 0 Å². The summed E-state index contributed by atoms with van der Waals surface area (Å²) in [5.41, 5.74) is 0. The summed E-state index contributed by atoms with van der Waals surface area (Å²) in [6, 6.07) is 0. The molecule has 0 heterocycles. The van der Waals surface area contributed by atoms with Crippen LogP contribution in [-0.2, 0) is 10.1 Å². The van der Waals surface area contributed by atoms with Crippen molar-refractivity contribution in [1.82, 2.24) is 0 Å². The Bertz CT molecular complexity index is 347. The van der Waals surface area contributed by atoms with Gasteiger partial charge in [0.05, 0.1) is 16.2 Å². The fourth-order valence-electron chi connectivity index (χ4n) is 2.83. The minimum absolute atomic E-state index is 0. The van der Waals surface area contributed by atoms with Crippen LogP contribution in [0.1, 0.15) is 103 Å². The molecule has 0 rings (SSSR count). The predicted molar refractivity (Wildman–Crippen MR) is 95.5 cm³/mol. The van der Waals surface area contributed by atoms with Gasteiger partial charge in [-0.2, -0.15) is 0 Å². The third-order valence-corrected chi connectivity index (χ3v) is 5.11. The van der Waals surface area contributed by atoms with Crippen molar-refractivity contribution in [2.75, 3.05) is 5.75 Å². The van der Waals surface area contributed by atoms with E-state index in [2.05, 4.69) is 6.92 Å². The number of unbranched alkanes of at least 4 members (excludes halogenated alkanes) is 11. The molecule has 0 bridgehead atoms. The van der Waals surface area contributed by atoms with Crippen LogP contribution in [-0.4, -0.2) is 29.9 Å². The Morgan fingerprint density at radius 3 is 1.54 bits per heavy atom. The number of hydrogen-bond acceptors (Lipinski definition) is 4. The monoisotopic (exact) mass is 388 g/mol. The molecule has 0 saturated heterocycles. The van der Waals surface area contributed by atoms with E-state index in [1.807, 2.05) is 0 Å². The number of aliphatic hydroxyl groups excluding tert-OH is 1. The van der Waals surface area contributed by atoms with Gasteiger partial charge in [0.2, 0.25) is 0 Å². The van der Waals surface area contributed by atoms with Gasteiger partial charge in [0.1, 0.15) is 0 Å². The van der Waals surface area contributed by atoms with E-state index in [1.165, 1.54) is 38.5 Å². The van der Waals surface area contributed by atoms with Crippen LogP contribution < -0.4 is 51.4 Å². The van der Waals surface area contributed by atoms with E-state index in [-0.39, 0.29) is 63.2 Å². The molecule has 0 aromatic rings. The van der Waals surface area contributed by atoms with Gasteiger partial charge in [-0.3, -0.25) is 0 Å². The van der Waals surface area contributed by atoms with E-state index in [4.69, 9.17) is 0 Å². The third-order valence-electron chi connectivity index (χ3n) is 4.32. The van der Waals surface area contributed by atoms with Gasteiger partial charge in [0.15, 0.2) is 0 Å². The molecular weight excluding hydrogens is 351 g/mol. The fraction of sp³-hybridized carbons (Fsp3) is 1.00. The van der Waals surface area contributed by atoms with Crippen molar-refractivity contribution in [2.24, 2.45) is 0 Å². The summed E-state index contributed by atoms with van der Waals surface area (Å²) in [6.45, 7) is 2.16. The van der Waals surface area contributed by atoms with Gasteiger partial charge in [0, 0.05) is 5.75 Å². The minimum atomic E-state index is -4.01. The van der Waals surface area contributed by atoms with Gasteiger partial charge in [-0.25, -0.2) is 8.42 Å². The molecular formula is C18H37KO4S. The summed E-state index contributed by atoms with van der Waals surface area (Å²) in [7, 11) is -4.01. The molecule has 0 aliphatic heterocycles. The fourth-order valence-corrected chi connectivity index (χ4v) is 3.39. The van der Waals surface area contributed by atoms with Crippen LogP contribution in [0.3, 0.4) is 0 Å². The molecule has 140 valence electrons. The van der Waals surface area contributed by atoms with E-state index in [0.717, 1.165) is 51.4 Å². The van der Waals surface area contributed by atoms with Gasteiger partial charge in [-0.05, 0) is 19.3 Å².